The summed E-state index contributed by atoms with van der Waals surface area (Å²) < 4.78 is 5.14. The highest BCUT2D eigenvalue weighted by Gasteiger charge is 2.10. The van der Waals surface area contributed by atoms with Gasteiger partial charge in [-0.3, -0.25) is 4.79 Å². The van der Waals surface area contributed by atoms with Crippen molar-refractivity contribution in [1.29, 1.82) is 0 Å². The molecule has 4 N–H and O–H groups in total. The van der Waals surface area contributed by atoms with E-state index in [1.54, 1.807) is 55.8 Å². The van der Waals surface area contributed by atoms with Gasteiger partial charge < -0.3 is 20.9 Å². The number of hydrogen-bond acceptors (Lipinski definition) is 6. The van der Waals surface area contributed by atoms with Crippen LogP contribution in [-0.4, -0.2) is 23.0 Å². The Bertz CT molecular complexity index is 998. The normalized spacial score (nSPS) is 10.8. The van der Waals surface area contributed by atoms with Crippen molar-refractivity contribution in [3.8, 4) is 5.75 Å². The van der Waals surface area contributed by atoms with Crippen molar-refractivity contribution in [3.63, 3.8) is 0 Å². The molecular weight excluding hydrogens is 354 g/mol. The van der Waals surface area contributed by atoms with Crippen molar-refractivity contribution in [1.82, 2.24) is 4.98 Å². The Kier molecular flexibility index (Phi) is 6.04. The summed E-state index contributed by atoms with van der Waals surface area (Å²) in [5, 5.41) is 12.3. The number of carbonyl (C=O) groups is 1. The Morgan fingerprint density at radius 1 is 1.21 bits per heavy atom. The van der Waals surface area contributed by atoms with E-state index in [-0.39, 0.29) is 12.4 Å². The topological polar surface area (TPSA) is 97.5 Å². The summed E-state index contributed by atoms with van der Waals surface area (Å²) in [4.78, 5) is 17.0. The van der Waals surface area contributed by atoms with Gasteiger partial charge in [0.05, 0.1) is 25.0 Å². The average Bonchev–Trinajstić information content (AvgIpc) is 2.73. The minimum absolute atomic E-state index is 0.0196. The first-order chi connectivity index (χ1) is 13.6. The highest BCUT2D eigenvalue weighted by molar-refractivity contribution is 6.10. The smallest absolute Gasteiger partial charge is 0.189 e. The Labute approximate surface area is 163 Å². The van der Waals surface area contributed by atoms with Crippen LogP contribution in [0, 0.1) is 0 Å². The van der Waals surface area contributed by atoms with Gasteiger partial charge in [-0.2, -0.15) is 0 Å². The van der Waals surface area contributed by atoms with Gasteiger partial charge in [0.25, 0.3) is 0 Å². The molecule has 0 spiro atoms. The van der Waals surface area contributed by atoms with E-state index in [0.29, 0.717) is 22.8 Å². The van der Waals surface area contributed by atoms with E-state index in [1.807, 2.05) is 18.2 Å². The molecule has 142 valence electrons. The molecule has 1 aromatic heterocycles. The van der Waals surface area contributed by atoms with Crippen molar-refractivity contribution < 1.29 is 14.6 Å². The number of nitrogens with one attached hydrogen (secondary N) is 1. The van der Waals surface area contributed by atoms with Gasteiger partial charge in [0.2, 0.25) is 0 Å². The number of allylic oxidation sites excluding steroid dienone is 1. The molecule has 28 heavy (non-hydrogen) atoms. The number of aromatic nitrogens is 1. The Morgan fingerprint density at radius 3 is 2.68 bits per heavy atom. The summed E-state index contributed by atoms with van der Waals surface area (Å²) in [5.41, 5.74) is 9.24. The third-order valence-electron chi connectivity index (χ3n) is 4.15. The van der Waals surface area contributed by atoms with Gasteiger partial charge in [-0.1, -0.05) is 24.3 Å². The lowest BCUT2D eigenvalue weighted by molar-refractivity contribution is 0.104. The number of methoxy groups -OCH3 is 1. The number of aliphatic hydroxyl groups is 1. The van der Waals surface area contributed by atoms with Gasteiger partial charge in [-0.05, 0) is 53.6 Å². The van der Waals surface area contributed by atoms with Gasteiger partial charge in [-0.25, -0.2) is 4.98 Å². The van der Waals surface area contributed by atoms with Crippen molar-refractivity contribution in [2.45, 2.75) is 6.61 Å². The van der Waals surface area contributed by atoms with E-state index < -0.39 is 0 Å². The Morgan fingerprint density at radius 2 is 2.00 bits per heavy atom. The first-order valence-electron chi connectivity index (χ1n) is 8.68. The lowest BCUT2D eigenvalue weighted by atomic mass is 10.1. The first-order valence-corrected chi connectivity index (χ1v) is 8.68. The summed E-state index contributed by atoms with van der Waals surface area (Å²) in [7, 11) is 1.55. The summed E-state index contributed by atoms with van der Waals surface area (Å²) >= 11 is 0. The molecule has 0 saturated carbocycles. The maximum atomic E-state index is 12.7. The monoisotopic (exact) mass is 375 g/mol. The number of benzene rings is 2. The van der Waals surface area contributed by atoms with E-state index >= 15 is 0 Å². The van der Waals surface area contributed by atoms with Crippen molar-refractivity contribution in [2.75, 3.05) is 18.2 Å². The number of hydrogen-bond donors (Lipinski definition) is 3. The molecule has 0 aliphatic heterocycles. The summed E-state index contributed by atoms with van der Waals surface area (Å²) in [5.74, 6) is 0.870. The standard InChI is InChI=1S/C22H21N3O3/c1-28-21-11-7-15(13-19(21)23)6-10-20(27)18-3-2-12-24-22(18)25-17-8-4-16(14-26)5-9-17/h2-13,26H,14,23H2,1H3,(H,24,25). The minimum Gasteiger partial charge on any atom is -0.495 e. The van der Waals surface area contributed by atoms with E-state index in [9.17, 15) is 4.79 Å². The minimum atomic E-state index is -0.183. The van der Waals surface area contributed by atoms with Crippen LogP contribution in [0.5, 0.6) is 5.75 Å². The van der Waals surface area contributed by atoms with Crippen LogP contribution in [0.3, 0.4) is 0 Å². The van der Waals surface area contributed by atoms with E-state index in [0.717, 1.165) is 16.8 Å². The number of pyridine rings is 1. The van der Waals surface area contributed by atoms with Gasteiger partial charge in [0, 0.05) is 11.9 Å². The van der Waals surface area contributed by atoms with Gasteiger partial charge in [0.1, 0.15) is 11.6 Å². The van der Waals surface area contributed by atoms with Crippen molar-refractivity contribution >= 4 is 29.1 Å². The van der Waals surface area contributed by atoms with E-state index in [4.69, 9.17) is 15.6 Å². The van der Waals surface area contributed by atoms with Crippen LogP contribution >= 0.6 is 0 Å². The molecule has 0 fully saturated rings. The molecule has 0 saturated heterocycles. The molecule has 0 unspecified atom stereocenters. The quantitative estimate of drug-likeness (QED) is 0.330. The first kappa shape index (κ1) is 19.1. The van der Waals surface area contributed by atoms with Crippen LogP contribution in [0.2, 0.25) is 0 Å². The third-order valence-corrected chi connectivity index (χ3v) is 4.15. The van der Waals surface area contributed by atoms with Gasteiger partial charge in [-0.15, -0.1) is 0 Å². The summed E-state index contributed by atoms with van der Waals surface area (Å²) in [6.45, 7) is -0.0196. The molecule has 2 aromatic carbocycles. The lowest BCUT2D eigenvalue weighted by Gasteiger charge is -2.09. The number of carbonyl (C=O) groups excluding carboxylic acids is 1. The second-order valence-corrected chi connectivity index (χ2v) is 6.08. The maximum absolute atomic E-state index is 12.7. The second-order valence-electron chi connectivity index (χ2n) is 6.08. The fraction of sp³-hybridized carbons (Fsp3) is 0.0909. The number of ketones is 1. The third kappa shape index (κ3) is 4.55. The predicted octanol–water partition coefficient (Wildman–Crippen LogP) is 3.80. The highest BCUT2D eigenvalue weighted by Crippen LogP contribution is 2.23. The van der Waals surface area contributed by atoms with Gasteiger partial charge >= 0.3 is 0 Å². The number of rotatable bonds is 7. The number of nitrogens with zero attached hydrogens (tertiary/aromatic N) is 1. The summed E-state index contributed by atoms with van der Waals surface area (Å²) in [6, 6.07) is 16.0. The fourth-order valence-corrected chi connectivity index (χ4v) is 2.65. The molecule has 0 amide bonds. The molecule has 6 nitrogen and oxygen atoms in total. The Hall–Kier alpha value is -3.64. The van der Waals surface area contributed by atoms with Crippen molar-refractivity contribution in [2.24, 2.45) is 0 Å². The number of aliphatic hydroxyl groups excluding tert-OH is 1. The average molecular weight is 375 g/mol. The zero-order valence-electron chi connectivity index (χ0n) is 15.4. The molecule has 3 rings (SSSR count). The lowest BCUT2D eigenvalue weighted by Crippen LogP contribution is -2.03. The fourth-order valence-electron chi connectivity index (χ4n) is 2.65. The van der Waals surface area contributed by atoms with Gasteiger partial charge in [0.15, 0.2) is 5.78 Å². The molecule has 0 atom stereocenters. The number of nitrogen functional groups attached to an aromatic ring is 1. The molecule has 0 bridgehead atoms. The van der Waals surface area contributed by atoms with Crippen LogP contribution in [0.4, 0.5) is 17.2 Å². The maximum Gasteiger partial charge on any atom is 0.189 e. The SMILES string of the molecule is COc1ccc(C=CC(=O)c2cccnc2Nc2ccc(CO)cc2)cc1N. The molecule has 6 heteroatoms. The second kappa shape index (κ2) is 8.83. The number of nitrogens with two attached hydrogens (primary N) is 1. The molecular formula is C22H21N3O3. The zero-order valence-corrected chi connectivity index (χ0v) is 15.4. The largest absolute Gasteiger partial charge is 0.495 e. The summed E-state index contributed by atoms with van der Waals surface area (Å²) in [6.07, 6.45) is 4.80. The molecule has 0 radical (unpaired) electrons. The van der Waals surface area contributed by atoms with Crippen LogP contribution in [0.1, 0.15) is 21.5 Å². The molecule has 0 aliphatic rings. The number of anilines is 3. The zero-order chi connectivity index (χ0) is 19.9. The van der Waals surface area contributed by atoms with Crippen LogP contribution in [0.15, 0.2) is 66.9 Å². The Balaban J connectivity index is 1.79. The van der Waals surface area contributed by atoms with Crippen LogP contribution in [0.25, 0.3) is 6.08 Å². The number of ether oxygens (including phenoxy) is 1. The molecule has 3 aromatic rings. The van der Waals surface area contributed by atoms with Crippen molar-refractivity contribution in [3.05, 3.63) is 83.6 Å². The highest BCUT2D eigenvalue weighted by atomic mass is 16.5. The van der Waals surface area contributed by atoms with Crippen LogP contribution in [-0.2, 0) is 6.61 Å². The van der Waals surface area contributed by atoms with E-state index in [2.05, 4.69) is 10.3 Å². The van der Waals surface area contributed by atoms with Crippen LogP contribution < -0.4 is 15.8 Å². The van der Waals surface area contributed by atoms with E-state index in [1.165, 1.54) is 6.08 Å². The predicted molar refractivity (Wildman–Crippen MR) is 111 cm³/mol. The molecule has 0 aliphatic carbocycles. The molecule has 1 heterocycles.